The van der Waals surface area contributed by atoms with Crippen molar-refractivity contribution in [2.45, 2.75) is 13.8 Å². The molecule has 146 valence electrons. The van der Waals surface area contributed by atoms with Crippen molar-refractivity contribution < 1.29 is 26.7 Å². The van der Waals surface area contributed by atoms with Crippen LogP contribution in [0.15, 0.2) is 18.3 Å². The molecule has 1 heterocycles. The van der Waals surface area contributed by atoms with Crippen LogP contribution in [0.5, 0.6) is 11.5 Å². The number of benzene rings is 1. The van der Waals surface area contributed by atoms with Crippen molar-refractivity contribution in [2.24, 2.45) is 0 Å². The number of aryl methyl sites for hydroxylation is 1. The molecular weight excluding hydrogens is 382 g/mol. The first-order chi connectivity index (χ1) is 12.5. The van der Waals surface area contributed by atoms with E-state index in [1.807, 2.05) is 6.92 Å². The Labute approximate surface area is 155 Å². The summed E-state index contributed by atoms with van der Waals surface area (Å²) in [4.78, 5) is 21.8. The Hall–Kier alpha value is -2.82. The number of hydrogen-bond acceptors (Lipinski definition) is 7. The Morgan fingerprint density at radius 3 is 2.48 bits per heavy atom. The number of halogens is 2. The van der Waals surface area contributed by atoms with Gasteiger partial charge >= 0.3 is 0 Å². The first-order valence-electron chi connectivity index (χ1n) is 7.75. The van der Waals surface area contributed by atoms with Crippen molar-refractivity contribution in [3.05, 3.63) is 41.2 Å². The van der Waals surface area contributed by atoms with Crippen LogP contribution >= 0.6 is 0 Å². The van der Waals surface area contributed by atoms with Crippen LogP contribution < -0.4 is 14.4 Å². The molecule has 0 saturated heterocycles. The smallest absolute Gasteiger partial charge is 0.267 e. The third kappa shape index (κ3) is 5.09. The first-order valence-corrected chi connectivity index (χ1v) is 9.64. The molecule has 0 aliphatic carbocycles. The van der Waals surface area contributed by atoms with E-state index in [1.165, 1.54) is 6.20 Å². The summed E-state index contributed by atoms with van der Waals surface area (Å²) in [6.45, 7) is 4.21. The zero-order valence-electron chi connectivity index (χ0n) is 15.1. The second-order valence-electron chi connectivity index (χ2n) is 5.70. The van der Waals surface area contributed by atoms with E-state index in [9.17, 15) is 22.0 Å². The van der Waals surface area contributed by atoms with Crippen molar-refractivity contribution in [1.29, 1.82) is 0 Å². The summed E-state index contributed by atoms with van der Waals surface area (Å²) >= 11 is 0. The van der Waals surface area contributed by atoms with Crippen LogP contribution in [0.1, 0.15) is 23.0 Å². The Balaban J connectivity index is 2.31. The van der Waals surface area contributed by atoms with Gasteiger partial charge in [0.2, 0.25) is 16.0 Å². The fourth-order valence-electron chi connectivity index (χ4n) is 1.99. The molecule has 0 spiro atoms. The quantitative estimate of drug-likeness (QED) is 0.791. The number of anilines is 1. The van der Waals surface area contributed by atoms with Gasteiger partial charge < -0.3 is 9.64 Å². The standard InChI is InChI=1S/C16H18F2N4O4S/c1-5-22(3)16-19-8-14(9(2)20-16)26-13-7-11(17)10(6-12(13)18)15(23)21-27(4,24)25/h6-8H,5H2,1-4H3,(H,21,23). The minimum Gasteiger partial charge on any atom is -0.451 e. The number of hydrogen-bond donors (Lipinski definition) is 1. The molecule has 1 amide bonds. The third-order valence-electron chi connectivity index (χ3n) is 3.50. The fourth-order valence-corrected chi connectivity index (χ4v) is 2.44. The molecule has 0 saturated carbocycles. The lowest BCUT2D eigenvalue weighted by atomic mass is 10.2. The van der Waals surface area contributed by atoms with Crippen molar-refractivity contribution >= 4 is 21.9 Å². The van der Waals surface area contributed by atoms with Gasteiger partial charge in [-0.05, 0) is 19.9 Å². The van der Waals surface area contributed by atoms with E-state index in [1.54, 1.807) is 23.6 Å². The maximum absolute atomic E-state index is 14.2. The van der Waals surface area contributed by atoms with Crippen LogP contribution in [0.2, 0.25) is 0 Å². The molecule has 0 aliphatic heterocycles. The summed E-state index contributed by atoms with van der Waals surface area (Å²) in [5, 5.41) is 0. The highest BCUT2D eigenvalue weighted by Crippen LogP contribution is 2.29. The van der Waals surface area contributed by atoms with Gasteiger partial charge in [0.1, 0.15) is 5.82 Å². The molecule has 8 nitrogen and oxygen atoms in total. The van der Waals surface area contributed by atoms with Crippen LogP contribution in [0.25, 0.3) is 0 Å². The van der Waals surface area contributed by atoms with Gasteiger partial charge in [0.15, 0.2) is 17.3 Å². The van der Waals surface area contributed by atoms with E-state index in [4.69, 9.17) is 4.74 Å². The van der Waals surface area contributed by atoms with Crippen molar-refractivity contribution in [3.63, 3.8) is 0 Å². The summed E-state index contributed by atoms with van der Waals surface area (Å²) in [7, 11) is -2.12. The van der Waals surface area contributed by atoms with E-state index in [-0.39, 0.29) is 5.75 Å². The monoisotopic (exact) mass is 400 g/mol. The average molecular weight is 400 g/mol. The number of sulfonamides is 1. The molecule has 27 heavy (non-hydrogen) atoms. The van der Waals surface area contributed by atoms with E-state index < -0.39 is 38.9 Å². The maximum atomic E-state index is 14.2. The van der Waals surface area contributed by atoms with Gasteiger partial charge in [0, 0.05) is 19.7 Å². The van der Waals surface area contributed by atoms with Gasteiger partial charge in [-0.25, -0.2) is 31.9 Å². The number of nitrogens with zero attached hydrogens (tertiary/aromatic N) is 3. The summed E-state index contributed by atoms with van der Waals surface area (Å²) in [5.74, 6) is -3.42. The van der Waals surface area contributed by atoms with E-state index in [2.05, 4.69) is 9.97 Å². The van der Waals surface area contributed by atoms with Gasteiger partial charge in [-0.15, -0.1) is 0 Å². The van der Waals surface area contributed by atoms with Crippen molar-refractivity contribution in [1.82, 2.24) is 14.7 Å². The van der Waals surface area contributed by atoms with E-state index >= 15 is 0 Å². The van der Waals surface area contributed by atoms with Gasteiger partial charge in [-0.1, -0.05) is 0 Å². The number of aromatic nitrogens is 2. The number of carbonyl (C=O) groups excluding carboxylic acids is 1. The lowest BCUT2D eigenvalue weighted by Gasteiger charge is -2.16. The molecule has 2 rings (SSSR count). The van der Waals surface area contributed by atoms with Gasteiger partial charge in [0.25, 0.3) is 5.91 Å². The predicted molar refractivity (Wildman–Crippen MR) is 94.5 cm³/mol. The molecule has 0 fully saturated rings. The zero-order chi connectivity index (χ0) is 20.4. The lowest BCUT2D eigenvalue weighted by molar-refractivity contribution is 0.0977. The number of nitrogens with one attached hydrogen (secondary N) is 1. The molecule has 0 aliphatic rings. The fraction of sp³-hybridized carbons (Fsp3) is 0.312. The molecule has 1 aromatic carbocycles. The third-order valence-corrected chi connectivity index (χ3v) is 4.06. The summed E-state index contributed by atoms with van der Waals surface area (Å²) in [5.41, 5.74) is -0.364. The highest BCUT2D eigenvalue weighted by atomic mass is 32.2. The van der Waals surface area contributed by atoms with Crippen LogP contribution in [0.4, 0.5) is 14.7 Å². The lowest BCUT2D eigenvalue weighted by Crippen LogP contribution is -2.30. The average Bonchev–Trinajstić information content (AvgIpc) is 2.57. The first kappa shape index (κ1) is 20.5. The van der Waals surface area contributed by atoms with Gasteiger partial charge in [-0.2, -0.15) is 0 Å². The second-order valence-corrected chi connectivity index (χ2v) is 7.45. The number of rotatable bonds is 6. The number of carbonyl (C=O) groups is 1. The Morgan fingerprint density at radius 2 is 1.93 bits per heavy atom. The largest absolute Gasteiger partial charge is 0.451 e. The maximum Gasteiger partial charge on any atom is 0.267 e. The zero-order valence-corrected chi connectivity index (χ0v) is 15.9. The van der Waals surface area contributed by atoms with Crippen LogP contribution in [0, 0.1) is 18.6 Å². The molecule has 1 aromatic heterocycles. The summed E-state index contributed by atoms with van der Waals surface area (Å²) in [6.07, 6.45) is 2.05. The number of ether oxygens (including phenoxy) is 1. The predicted octanol–water partition coefficient (Wildman–Crippen LogP) is 2.00. The molecular formula is C16H18F2N4O4S. The molecule has 0 atom stereocenters. The molecule has 1 N–H and O–H groups in total. The molecule has 2 aromatic rings. The van der Waals surface area contributed by atoms with E-state index in [0.29, 0.717) is 30.3 Å². The van der Waals surface area contributed by atoms with E-state index in [0.717, 1.165) is 6.26 Å². The van der Waals surface area contributed by atoms with Crippen LogP contribution in [0.3, 0.4) is 0 Å². The van der Waals surface area contributed by atoms with Crippen molar-refractivity contribution in [3.8, 4) is 11.5 Å². The summed E-state index contributed by atoms with van der Waals surface area (Å²) in [6, 6.07) is 1.21. The Bertz CT molecular complexity index is 983. The molecule has 0 radical (unpaired) electrons. The minimum atomic E-state index is -3.92. The van der Waals surface area contributed by atoms with Crippen LogP contribution in [-0.4, -0.2) is 44.1 Å². The second kappa shape index (κ2) is 7.82. The number of amides is 1. The van der Waals surface area contributed by atoms with Gasteiger partial charge in [-0.3, -0.25) is 4.79 Å². The van der Waals surface area contributed by atoms with Gasteiger partial charge in [0.05, 0.1) is 23.7 Å². The topological polar surface area (TPSA) is 101 Å². The highest BCUT2D eigenvalue weighted by Gasteiger charge is 2.20. The molecule has 11 heteroatoms. The summed E-state index contributed by atoms with van der Waals surface area (Å²) < 4.78 is 57.4. The Kier molecular flexibility index (Phi) is 5.94. The Morgan fingerprint density at radius 1 is 1.26 bits per heavy atom. The molecule has 0 unspecified atom stereocenters. The highest BCUT2D eigenvalue weighted by molar-refractivity contribution is 7.89. The van der Waals surface area contributed by atoms with Crippen LogP contribution in [-0.2, 0) is 10.0 Å². The SMILES string of the molecule is CCN(C)c1ncc(Oc2cc(F)c(C(=O)NS(C)(=O)=O)cc2F)c(C)n1. The molecule has 0 bridgehead atoms. The minimum absolute atomic E-state index is 0.106. The van der Waals surface area contributed by atoms with Crippen molar-refractivity contribution in [2.75, 3.05) is 24.7 Å². The normalized spacial score (nSPS) is 11.2.